The van der Waals surface area contributed by atoms with Crippen molar-refractivity contribution in [2.24, 2.45) is 5.41 Å². The van der Waals surface area contributed by atoms with Gasteiger partial charge in [-0.25, -0.2) is 4.68 Å². The predicted octanol–water partition coefficient (Wildman–Crippen LogP) is 2.42. The highest BCUT2D eigenvalue weighted by molar-refractivity contribution is 5.87. The van der Waals surface area contributed by atoms with Crippen LogP contribution in [0.4, 0.5) is 0 Å². The molecule has 4 rings (SSSR count). The van der Waals surface area contributed by atoms with Crippen molar-refractivity contribution in [2.75, 3.05) is 26.3 Å². The molecule has 8 nitrogen and oxygen atoms in total. The van der Waals surface area contributed by atoms with Crippen LogP contribution in [-0.4, -0.2) is 63.4 Å². The number of hydrogen-bond donors (Lipinski definition) is 1. The van der Waals surface area contributed by atoms with E-state index >= 15 is 0 Å². The Bertz CT molecular complexity index is 734. The fourth-order valence-corrected chi connectivity index (χ4v) is 6.02. The number of nitrogens with one attached hydrogen (secondary N) is 1. The lowest BCUT2D eigenvalue weighted by Crippen LogP contribution is -2.64. The van der Waals surface area contributed by atoms with Crippen LogP contribution in [0.25, 0.3) is 0 Å². The molecule has 0 aromatic carbocycles. The third-order valence-corrected chi connectivity index (χ3v) is 7.27. The monoisotopic (exact) mass is 416 g/mol. The summed E-state index contributed by atoms with van der Waals surface area (Å²) in [5, 5.41) is 16.7. The lowest BCUT2D eigenvalue weighted by molar-refractivity contribution is -0.128. The summed E-state index contributed by atoms with van der Waals surface area (Å²) >= 11 is 0. The highest BCUT2D eigenvalue weighted by atomic mass is 16.5. The van der Waals surface area contributed by atoms with Crippen molar-refractivity contribution in [3.05, 3.63) is 18.5 Å². The molecule has 0 radical (unpaired) electrons. The van der Waals surface area contributed by atoms with Gasteiger partial charge in [0.1, 0.15) is 0 Å². The molecule has 1 aromatic rings. The van der Waals surface area contributed by atoms with Crippen molar-refractivity contribution < 1.29 is 9.53 Å². The average Bonchev–Trinajstić information content (AvgIpc) is 3.22. The molecule has 1 aromatic heterocycles. The number of amides is 1. The molecule has 2 saturated carbocycles. The molecular formula is C22H36N6O2. The normalized spacial score (nSPS) is 25.1. The zero-order valence-electron chi connectivity index (χ0n) is 18.3. The van der Waals surface area contributed by atoms with E-state index in [9.17, 15) is 4.79 Å². The smallest absolute Gasteiger partial charge is 0.246 e. The maximum Gasteiger partial charge on any atom is 0.246 e. The molecule has 0 bridgehead atoms. The Hall–Kier alpha value is -1.80. The summed E-state index contributed by atoms with van der Waals surface area (Å²) in [5.74, 6) is 0.958. The Balaban J connectivity index is 1.53. The Kier molecular flexibility index (Phi) is 6.53. The van der Waals surface area contributed by atoms with E-state index in [4.69, 9.17) is 4.74 Å². The third kappa shape index (κ3) is 4.30. The molecule has 1 amide bonds. The fraction of sp³-hybridized carbons (Fsp3) is 0.818. The van der Waals surface area contributed by atoms with Crippen molar-refractivity contribution in [3.63, 3.8) is 0 Å². The van der Waals surface area contributed by atoms with Gasteiger partial charge in [-0.3, -0.25) is 4.79 Å². The van der Waals surface area contributed by atoms with Gasteiger partial charge in [0.2, 0.25) is 5.91 Å². The highest BCUT2D eigenvalue weighted by Crippen LogP contribution is 2.60. The van der Waals surface area contributed by atoms with Crippen molar-refractivity contribution in [2.45, 2.75) is 82.8 Å². The first kappa shape index (κ1) is 21.4. The van der Waals surface area contributed by atoms with E-state index in [1.165, 1.54) is 38.2 Å². The van der Waals surface area contributed by atoms with Gasteiger partial charge in [0.25, 0.3) is 0 Å². The molecule has 1 aliphatic heterocycles. The number of piperidine rings is 1. The lowest BCUT2D eigenvalue weighted by Gasteiger charge is -2.59. The molecule has 30 heavy (non-hydrogen) atoms. The van der Waals surface area contributed by atoms with Crippen LogP contribution in [0, 0.1) is 5.41 Å². The Morgan fingerprint density at radius 3 is 2.83 bits per heavy atom. The Morgan fingerprint density at radius 1 is 1.30 bits per heavy atom. The van der Waals surface area contributed by atoms with Crippen molar-refractivity contribution >= 4 is 5.91 Å². The van der Waals surface area contributed by atoms with Crippen LogP contribution in [0.2, 0.25) is 0 Å². The summed E-state index contributed by atoms with van der Waals surface area (Å²) in [6.07, 6.45) is 12.3. The van der Waals surface area contributed by atoms with Crippen LogP contribution in [-0.2, 0) is 21.6 Å². The molecule has 2 heterocycles. The second-order valence-corrected chi connectivity index (χ2v) is 9.39. The number of ether oxygens (including phenoxy) is 1. The molecule has 1 unspecified atom stereocenters. The first-order valence-corrected chi connectivity index (χ1v) is 11.6. The second kappa shape index (κ2) is 9.14. The standard InChI is InChI=1S/C22H36N6O2/c1-3-19(29)27-12-8-9-18(15-27)23-22(16-21(17-22)10-6-5-7-11-21)20-24-25-26-28(20)13-14-30-4-2/h3,18,23H,1,4-17H2,2H3. The molecule has 1 saturated heterocycles. The molecule has 1 N–H and O–H groups in total. The SMILES string of the molecule is C=CC(=O)N1CCCC(NC2(c3nnnn3CCOCC)CC3(CCCCC3)C2)C1. The summed E-state index contributed by atoms with van der Waals surface area (Å²) in [7, 11) is 0. The lowest BCUT2D eigenvalue weighted by atomic mass is 9.51. The first-order valence-electron chi connectivity index (χ1n) is 11.6. The zero-order valence-corrected chi connectivity index (χ0v) is 18.3. The van der Waals surface area contributed by atoms with Gasteiger partial charge in [-0.2, -0.15) is 0 Å². The van der Waals surface area contributed by atoms with Crippen LogP contribution in [0.3, 0.4) is 0 Å². The maximum atomic E-state index is 12.2. The zero-order chi connectivity index (χ0) is 21.0. The number of likely N-dealkylation sites (tertiary alicyclic amines) is 1. The van der Waals surface area contributed by atoms with Gasteiger partial charge < -0.3 is 15.0 Å². The Morgan fingerprint density at radius 2 is 2.10 bits per heavy atom. The largest absolute Gasteiger partial charge is 0.380 e. The number of rotatable bonds is 8. The topological polar surface area (TPSA) is 85.2 Å². The number of carbonyl (C=O) groups excluding carboxylic acids is 1. The number of tetrazole rings is 1. The minimum absolute atomic E-state index is 0.0226. The van der Waals surface area contributed by atoms with Gasteiger partial charge >= 0.3 is 0 Å². The minimum atomic E-state index is -0.210. The van der Waals surface area contributed by atoms with E-state index in [-0.39, 0.29) is 17.5 Å². The summed E-state index contributed by atoms with van der Waals surface area (Å²) in [5.41, 5.74) is 0.213. The fourth-order valence-electron chi connectivity index (χ4n) is 6.02. The predicted molar refractivity (Wildman–Crippen MR) is 114 cm³/mol. The van der Waals surface area contributed by atoms with Crippen LogP contribution < -0.4 is 5.32 Å². The van der Waals surface area contributed by atoms with Crippen molar-refractivity contribution in [1.82, 2.24) is 30.4 Å². The average molecular weight is 417 g/mol. The Labute approximate surface area is 179 Å². The van der Waals surface area contributed by atoms with E-state index in [0.717, 1.165) is 44.6 Å². The van der Waals surface area contributed by atoms with E-state index < -0.39 is 0 Å². The van der Waals surface area contributed by atoms with Crippen molar-refractivity contribution in [1.29, 1.82) is 0 Å². The first-order chi connectivity index (χ1) is 14.6. The van der Waals surface area contributed by atoms with Gasteiger partial charge in [0, 0.05) is 25.7 Å². The van der Waals surface area contributed by atoms with Crippen LogP contribution in [0.1, 0.15) is 70.5 Å². The summed E-state index contributed by atoms with van der Waals surface area (Å²) < 4.78 is 7.47. The number of carbonyl (C=O) groups is 1. The molecule has 3 aliphatic rings. The quantitative estimate of drug-likeness (QED) is 0.517. The van der Waals surface area contributed by atoms with E-state index in [0.29, 0.717) is 25.2 Å². The molecule has 3 fully saturated rings. The summed E-state index contributed by atoms with van der Waals surface area (Å²) in [6, 6.07) is 0.251. The van der Waals surface area contributed by atoms with Gasteiger partial charge in [0.05, 0.1) is 18.7 Å². The number of nitrogens with zero attached hydrogens (tertiary/aromatic N) is 5. The molecular weight excluding hydrogens is 380 g/mol. The molecule has 2 aliphatic carbocycles. The van der Waals surface area contributed by atoms with Gasteiger partial charge in [-0.05, 0) is 67.4 Å². The van der Waals surface area contributed by atoms with Gasteiger partial charge in [-0.1, -0.05) is 25.8 Å². The minimum Gasteiger partial charge on any atom is -0.380 e. The van der Waals surface area contributed by atoms with Crippen LogP contribution in [0.15, 0.2) is 12.7 Å². The number of hydrogen-bond acceptors (Lipinski definition) is 6. The second-order valence-electron chi connectivity index (χ2n) is 9.39. The van der Waals surface area contributed by atoms with Gasteiger partial charge in [-0.15, -0.1) is 5.10 Å². The van der Waals surface area contributed by atoms with Crippen LogP contribution in [0.5, 0.6) is 0 Å². The van der Waals surface area contributed by atoms with E-state index in [1.54, 1.807) is 0 Å². The third-order valence-electron chi connectivity index (χ3n) is 7.27. The van der Waals surface area contributed by atoms with E-state index in [2.05, 4.69) is 27.4 Å². The molecule has 166 valence electrons. The summed E-state index contributed by atoms with van der Waals surface area (Å²) in [6.45, 7) is 9.16. The van der Waals surface area contributed by atoms with E-state index in [1.807, 2.05) is 16.5 Å². The number of aromatic nitrogens is 4. The van der Waals surface area contributed by atoms with Crippen molar-refractivity contribution in [3.8, 4) is 0 Å². The van der Waals surface area contributed by atoms with Crippen LogP contribution >= 0.6 is 0 Å². The highest BCUT2D eigenvalue weighted by Gasteiger charge is 2.58. The molecule has 8 heteroatoms. The molecule has 1 spiro atoms. The molecule has 1 atom stereocenters. The maximum absolute atomic E-state index is 12.2. The van der Waals surface area contributed by atoms with Gasteiger partial charge in [0.15, 0.2) is 5.82 Å². The summed E-state index contributed by atoms with van der Waals surface area (Å²) in [4.78, 5) is 14.1.